The lowest BCUT2D eigenvalue weighted by molar-refractivity contribution is -0.119. The van der Waals surface area contributed by atoms with Gasteiger partial charge in [-0.3, -0.25) is 9.52 Å². The summed E-state index contributed by atoms with van der Waals surface area (Å²) in [7, 11) is 0. The molecule has 2 aromatic rings. The van der Waals surface area contributed by atoms with E-state index < -0.39 is 11.6 Å². The van der Waals surface area contributed by atoms with E-state index in [0.717, 1.165) is 24.1 Å². The van der Waals surface area contributed by atoms with E-state index >= 15 is 0 Å². The van der Waals surface area contributed by atoms with Gasteiger partial charge in [-0.25, -0.2) is 4.79 Å². The van der Waals surface area contributed by atoms with E-state index in [9.17, 15) is 9.59 Å². The first-order valence-corrected chi connectivity index (χ1v) is 14.1. The summed E-state index contributed by atoms with van der Waals surface area (Å²) in [6.07, 6.45) is 6.72. The Kier molecular flexibility index (Phi) is 12.9. The Balaban J connectivity index is 2.15. The Labute approximate surface area is 238 Å². The summed E-state index contributed by atoms with van der Waals surface area (Å²) in [5, 5.41) is 3.58. The predicted molar refractivity (Wildman–Crippen MR) is 163 cm³/mol. The van der Waals surface area contributed by atoms with Gasteiger partial charge in [-0.1, -0.05) is 56.5 Å². The molecule has 0 aliphatic heterocycles. The topological polar surface area (TPSA) is 76.7 Å². The van der Waals surface area contributed by atoms with E-state index in [1.54, 1.807) is 18.2 Å². The summed E-state index contributed by atoms with van der Waals surface area (Å²) < 4.78 is 14.3. The van der Waals surface area contributed by atoms with Gasteiger partial charge in [0.05, 0.1) is 6.61 Å². The Morgan fingerprint density at radius 3 is 2.46 bits per heavy atom. The first-order valence-electron chi connectivity index (χ1n) is 13.3. The van der Waals surface area contributed by atoms with Crippen molar-refractivity contribution in [2.24, 2.45) is 0 Å². The fraction of sp³-hybridized carbons (Fsp3) is 0.375. The summed E-state index contributed by atoms with van der Waals surface area (Å²) in [5.41, 5.74) is 2.90. The zero-order valence-corrected chi connectivity index (χ0v) is 24.5. The van der Waals surface area contributed by atoms with Crippen LogP contribution in [0.1, 0.15) is 68.4 Å². The lowest BCUT2D eigenvalue weighted by Crippen LogP contribution is -2.25. The Morgan fingerprint density at radius 1 is 1.10 bits per heavy atom. The molecule has 0 aliphatic rings. The summed E-state index contributed by atoms with van der Waals surface area (Å²) in [5.74, 6) is 0.0162. The molecular formula is C32H42N2O4S. The molecule has 0 fully saturated rings. The van der Waals surface area contributed by atoms with Crippen LogP contribution in [0.4, 0.5) is 5.69 Å². The number of carbonyl (C=O) groups excluding carboxylic acids is 2. The van der Waals surface area contributed by atoms with Crippen LogP contribution in [-0.2, 0) is 22.4 Å². The molecule has 0 radical (unpaired) electrons. The molecule has 6 nitrogen and oxygen atoms in total. The van der Waals surface area contributed by atoms with Gasteiger partial charge in [-0.2, -0.15) is 0 Å². The van der Waals surface area contributed by atoms with Crippen LogP contribution in [0.5, 0.6) is 5.75 Å². The van der Waals surface area contributed by atoms with Gasteiger partial charge in [0.25, 0.3) is 0 Å². The highest BCUT2D eigenvalue weighted by molar-refractivity contribution is 8.01. The van der Waals surface area contributed by atoms with Gasteiger partial charge in [0, 0.05) is 23.1 Å². The number of benzene rings is 2. The highest BCUT2D eigenvalue weighted by Gasteiger charge is 2.22. The van der Waals surface area contributed by atoms with E-state index in [-0.39, 0.29) is 11.9 Å². The fourth-order valence-corrected chi connectivity index (χ4v) is 4.18. The quantitative estimate of drug-likeness (QED) is 0.0744. The molecule has 2 rings (SSSR count). The highest BCUT2D eigenvalue weighted by Crippen LogP contribution is 2.27. The van der Waals surface area contributed by atoms with Gasteiger partial charge in [0.2, 0.25) is 5.91 Å². The van der Waals surface area contributed by atoms with Crippen LogP contribution in [0.25, 0.3) is 0 Å². The van der Waals surface area contributed by atoms with Crippen molar-refractivity contribution in [3.63, 3.8) is 0 Å². The summed E-state index contributed by atoms with van der Waals surface area (Å²) >= 11 is 1.18. The molecule has 1 atom stereocenters. The van der Waals surface area contributed by atoms with E-state index in [4.69, 9.17) is 9.47 Å². The molecule has 2 aromatic carbocycles. The van der Waals surface area contributed by atoms with Crippen molar-refractivity contribution in [1.29, 1.82) is 0 Å². The minimum Gasteiger partial charge on any atom is -0.492 e. The standard InChI is InChI=1S/C32H42N2O4S/c1-8-11-20-37-29-18-17-27(22-28(29)31(36)38-32(5,6)7)33-26(10-3)21-25-15-13-12-14-24(25)16-19-30(35)34-39-23(4)9-2/h8-9,12-15,17-18,22,26,33H,1-2,4,10-11,16,19-21H2,3,5-7H3,(H,34,35). The normalized spacial score (nSPS) is 11.7. The molecule has 0 aliphatic carbocycles. The number of allylic oxidation sites excluding steroid dienone is 1. The van der Waals surface area contributed by atoms with Gasteiger partial charge in [0.15, 0.2) is 0 Å². The Bertz CT molecular complexity index is 1150. The third-order valence-corrected chi connectivity index (χ3v) is 6.53. The zero-order valence-electron chi connectivity index (χ0n) is 23.7. The number of hydrogen-bond acceptors (Lipinski definition) is 6. The number of amides is 1. The van der Waals surface area contributed by atoms with Crippen LogP contribution in [0.2, 0.25) is 0 Å². The second kappa shape index (κ2) is 15.8. The van der Waals surface area contributed by atoms with Gasteiger partial charge < -0.3 is 14.8 Å². The van der Waals surface area contributed by atoms with Crippen molar-refractivity contribution in [1.82, 2.24) is 4.72 Å². The second-order valence-corrected chi connectivity index (χ2v) is 11.1. The molecular weight excluding hydrogens is 508 g/mol. The number of ether oxygens (including phenoxy) is 2. The maximum absolute atomic E-state index is 13.0. The van der Waals surface area contributed by atoms with Crippen molar-refractivity contribution in [3.8, 4) is 5.75 Å². The van der Waals surface area contributed by atoms with Crippen molar-refractivity contribution in [2.45, 2.75) is 71.4 Å². The molecule has 0 saturated carbocycles. The third-order valence-electron chi connectivity index (χ3n) is 5.77. The van der Waals surface area contributed by atoms with Crippen molar-refractivity contribution in [2.75, 3.05) is 11.9 Å². The molecule has 39 heavy (non-hydrogen) atoms. The van der Waals surface area contributed by atoms with Crippen molar-refractivity contribution < 1.29 is 19.1 Å². The lowest BCUT2D eigenvalue weighted by Gasteiger charge is -2.23. The zero-order chi connectivity index (χ0) is 28.8. The number of rotatable bonds is 16. The molecule has 0 saturated heterocycles. The molecule has 210 valence electrons. The first-order chi connectivity index (χ1) is 18.6. The monoisotopic (exact) mass is 550 g/mol. The number of anilines is 1. The first kappa shape index (κ1) is 31.8. The smallest absolute Gasteiger partial charge is 0.342 e. The number of hydrogen-bond donors (Lipinski definition) is 2. The van der Waals surface area contributed by atoms with Crippen LogP contribution in [0.3, 0.4) is 0 Å². The number of carbonyl (C=O) groups is 2. The molecule has 1 unspecified atom stereocenters. The maximum Gasteiger partial charge on any atom is 0.342 e. The van der Waals surface area contributed by atoms with E-state index in [0.29, 0.717) is 42.1 Å². The lowest BCUT2D eigenvalue weighted by atomic mass is 9.96. The molecule has 2 N–H and O–H groups in total. The molecule has 7 heteroatoms. The minimum absolute atomic E-state index is 0.0481. The highest BCUT2D eigenvalue weighted by atomic mass is 32.2. The largest absolute Gasteiger partial charge is 0.492 e. The number of nitrogens with one attached hydrogen (secondary N) is 2. The van der Waals surface area contributed by atoms with Crippen LogP contribution in [-0.4, -0.2) is 30.1 Å². The van der Waals surface area contributed by atoms with Gasteiger partial charge in [-0.05, 0) is 87.7 Å². The number of esters is 1. The predicted octanol–water partition coefficient (Wildman–Crippen LogP) is 7.43. The third kappa shape index (κ3) is 11.4. The molecule has 1 amide bonds. The minimum atomic E-state index is -0.621. The summed E-state index contributed by atoms with van der Waals surface area (Å²) in [6.45, 7) is 19.2. The van der Waals surface area contributed by atoms with E-state index in [1.165, 1.54) is 17.5 Å². The fourth-order valence-electron chi connectivity index (χ4n) is 3.75. The maximum atomic E-state index is 13.0. The molecule has 0 heterocycles. The van der Waals surface area contributed by atoms with E-state index in [1.807, 2.05) is 45.0 Å². The Morgan fingerprint density at radius 2 is 1.82 bits per heavy atom. The van der Waals surface area contributed by atoms with Crippen LogP contribution in [0.15, 0.2) is 79.3 Å². The second-order valence-electron chi connectivity index (χ2n) is 10.2. The van der Waals surface area contributed by atoms with Crippen LogP contribution < -0.4 is 14.8 Å². The average molecular weight is 551 g/mol. The van der Waals surface area contributed by atoms with Crippen molar-refractivity contribution in [3.05, 3.63) is 95.9 Å². The molecule has 0 aromatic heterocycles. The summed E-state index contributed by atoms with van der Waals surface area (Å²) in [6, 6.07) is 13.8. The molecule has 0 spiro atoms. The van der Waals surface area contributed by atoms with Gasteiger partial charge in [-0.15, -0.1) is 6.58 Å². The Hall–Kier alpha value is -3.45. The van der Waals surface area contributed by atoms with Crippen LogP contribution in [0, 0.1) is 0 Å². The van der Waals surface area contributed by atoms with Crippen LogP contribution >= 0.6 is 11.9 Å². The van der Waals surface area contributed by atoms with Gasteiger partial charge in [0.1, 0.15) is 16.9 Å². The summed E-state index contributed by atoms with van der Waals surface area (Å²) in [4.78, 5) is 26.0. The van der Waals surface area contributed by atoms with E-state index in [2.05, 4.69) is 48.8 Å². The van der Waals surface area contributed by atoms with Gasteiger partial charge >= 0.3 is 5.97 Å². The molecule has 0 bridgehead atoms. The average Bonchev–Trinajstić information content (AvgIpc) is 2.90. The number of aryl methyl sites for hydroxylation is 1. The van der Waals surface area contributed by atoms with Crippen molar-refractivity contribution >= 4 is 29.5 Å². The SMILES string of the molecule is C=CCCOc1ccc(NC(CC)Cc2ccccc2CCC(=O)NSC(=C)C=C)cc1C(=O)OC(C)(C)C.